The zero-order valence-electron chi connectivity index (χ0n) is 16.2. The SMILES string of the molecule is Cc1cc(C)n(-c2ccc(CNC(=O)/C=C/c3cnn(C)c3)c(C(F)(F)F)c2)n1. The van der Waals surface area contributed by atoms with Gasteiger partial charge in [0.15, 0.2) is 0 Å². The fourth-order valence-electron chi connectivity index (χ4n) is 2.94. The van der Waals surface area contributed by atoms with Crippen molar-refractivity contribution in [3.8, 4) is 5.69 Å². The summed E-state index contributed by atoms with van der Waals surface area (Å²) in [4.78, 5) is 12.0. The first-order valence-electron chi connectivity index (χ1n) is 8.82. The highest BCUT2D eigenvalue weighted by Crippen LogP contribution is 2.33. The molecule has 1 N–H and O–H groups in total. The zero-order chi connectivity index (χ0) is 21.2. The number of rotatable bonds is 5. The number of nitrogens with one attached hydrogen (secondary N) is 1. The highest BCUT2D eigenvalue weighted by molar-refractivity contribution is 5.91. The maximum absolute atomic E-state index is 13.6. The normalized spacial score (nSPS) is 11.9. The van der Waals surface area contributed by atoms with Gasteiger partial charge in [-0.05, 0) is 43.7 Å². The minimum absolute atomic E-state index is 0.0223. The van der Waals surface area contributed by atoms with Crippen LogP contribution >= 0.6 is 0 Å². The van der Waals surface area contributed by atoms with Crippen LogP contribution in [-0.2, 0) is 24.6 Å². The Labute approximate surface area is 165 Å². The fraction of sp³-hybridized carbons (Fsp3) is 0.250. The number of halogens is 3. The van der Waals surface area contributed by atoms with Crippen molar-refractivity contribution in [2.24, 2.45) is 7.05 Å². The van der Waals surface area contributed by atoms with E-state index < -0.39 is 17.6 Å². The van der Waals surface area contributed by atoms with E-state index in [0.29, 0.717) is 16.9 Å². The number of aromatic nitrogens is 4. The monoisotopic (exact) mass is 403 g/mol. The van der Waals surface area contributed by atoms with Gasteiger partial charge in [0.25, 0.3) is 0 Å². The maximum Gasteiger partial charge on any atom is 0.416 e. The van der Waals surface area contributed by atoms with Crippen LogP contribution in [0.15, 0.2) is 42.7 Å². The van der Waals surface area contributed by atoms with Crippen molar-refractivity contribution in [3.05, 3.63) is 70.8 Å². The Morgan fingerprint density at radius 3 is 2.59 bits per heavy atom. The van der Waals surface area contributed by atoms with E-state index in [1.165, 1.54) is 16.8 Å². The molecule has 0 aliphatic rings. The number of carbonyl (C=O) groups is 1. The lowest BCUT2D eigenvalue weighted by Crippen LogP contribution is -2.22. The molecule has 9 heteroatoms. The fourth-order valence-corrected chi connectivity index (χ4v) is 2.94. The van der Waals surface area contributed by atoms with Crippen molar-refractivity contribution in [2.75, 3.05) is 0 Å². The molecule has 0 aliphatic heterocycles. The van der Waals surface area contributed by atoms with Crippen LogP contribution in [0.5, 0.6) is 0 Å². The Kier molecular flexibility index (Phi) is 5.58. The van der Waals surface area contributed by atoms with Gasteiger partial charge in [-0.25, -0.2) is 4.68 Å². The minimum Gasteiger partial charge on any atom is -0.348 e. The molecular weight excluding hydrogens is 383 g/mol. The highest BCUT2D eigenvalue weighted by Gasteiger charge is 2.33. The standard InChI is InChI=1S/C20H20F3N5O/c1-13-8-14(2)28(26-13)17-6-5-16(18(9-17)20(21,22)23)11-24-19(29)7-4-15-10-25-27(3)12-15/h4-10,12H,11H2,1-3H3,(H,24,29)/b7-4+. The van der Waals surface area contributed by atoms with Gasteiger partial charge in [-0.15, -0.1) is 0 Å². The molecule has 152 valence electrons. The molecule has 0 saturated heterocycles. The average molecular weight is 403 g/mol. The second-order valence-electron chi connectivity index (χ2n) is 6.68. The molecule has 1 aromatic carbocycles. The van der Waals surface area contributed by atoms with Gasteiger partial charge in [-0.2, -0.15) is 23.4 Å². The van der Waals surface area contributed by atoms with Crippen LogP contribution in [0.25, 0.3) is 11.8 Å². The van der Waals surface area contributed by atoms with Crippen LogP contribution in [-0.4, -0.2) is 25.5 Å². The minimum atomic E-state index is -4.56. The molecule has 3 aromatic rings. The highest BCUT2D eigenvalue weighted by atomic mass is 19.4. The van der Waals surface area contributed by atoms with Crippen LogP contribution < -0.4 is 5.32 Å². The van der Waals surface area contributed by atoms with Crippen LogP contribution in [0.2, 0.25) is 0 Å². The van der Waals surface area contributed by atoms with E-state index in [9.17, 15) is 18.0 Å². The number of nitrogens with zero attached hydrogens (tertiary/aromatic N) is 4. The molecule has 6 nitrogen and oxygen atoms in total. The first-order chi connectivity index (χ1) is 13.6. The summed E-state index contributed by atoms with van der Waals surface area (Å²) >= 11 is 0. The molecule has 0 spiro atoms. The van der Waals surface area contributed by atoms with E-state index >= 15 is 0 Å². The Hall–Kier alpha value is -3.36. The number of aryl methyl sites for hydroxylation is 3. The lowest BCUT2D eigenvalue weighted by Gasteiger charge is -2.15. The lowest BCUT2D eigenvalue weighted by molar-refractivity contribution is -0.138. The van der Waals surface area contributed by atoms with Crippen molar-refractivity contribution in [1.29, 1.82) is 0 Å². The number of amides is 1. The zero-order valence-corrected chi connectivity index (χ0v) is 16.2. The summed E-state index contributed by atoms with van der Waals surface area (Å²) in [5, 5.41) is 10.7. The summed E-state index contributed by atoms with van der Waals surface area (Å²) in [5.74, 6) is -0.496. The maximum atomic E-state index is 13.6. The molecular formula is C20H20F3N5O. The van der Waals surface area contributed by atoms with E-state index in [1.807, 2.05) is 0 Å². The summed E-state index contributed by atoms with van der Waals surface area (Å²) in [7, 11) is 1.74. The van der Waals surface area contributed by atoms with E-state index in [4.69, 9.17) is 0 Å². The van der Waals surface area contributed by atoms with Crippen molar-refractivity contribution in [3.63, 3.8) is 0 Å². The smallest absolute Gasteiger partial charge is 0.348 e. The quantitative estimate of drug-likeness (QED) is 0.663. The third kappa shape index (κ3) is 4.92. The van der Waals surface area contributed by atoms with Crippen LogP contribution in [0.1, 0.15) is 28.1 Å². The van der Waals surface area contributed by atoms with Gasteiger partial charge in [0.05, 0.1) is 23.1 Å². The summed E-state index contributed by atoms with van der Waals surface area (Å²) in [5.41, 5.74) is 1.65. The van der Waals surface area contributed by atoms with E-state index in [1.54, 1.807) is 56.2 Å². The first kappa shape index (κ1) is 20.4. The van der Waals surface area contributed by atoms with E-state index in [0.717, 1.165) is 11.8 Å². The van der Waals surface area contributed by atoms with Gasteiger partial charge in [-0.3, -0.25) is 9.48 Å². The molecule has 0 radical (unpaired) electrons. The number of benzene rings is 1. The average Bonchev–Trinajstić information content (AvgIpc) is 3.21. The van der Waals surface area contributed by atoms with Gasteiger partial charge in [0.2, 0.25) is 5.91 Å². The molecule has 2 heterocycles. The number of hydrogen-bond acceptors (Lipinski definition) is 3. The second-order valence-corrected chi connectivity index (χ2v) is 6.68. The molecule has 2 aromatic heterocycles. The predicted octanol–water partition coefficient (Wildman–Crippen LogP) is 3.57. The Bertz CT molecular complexity index is 1060. The summed E-state index contributed by atoms with van der Waals surface area (Å²) in [6.07, 6.45) is 1.53. The third-order valence-corrected chi connectivity index (χ3v) is 4.26. The van der Waals surface area contributed by atoms with Crippen molar-refractivity contribution in [1.82, 2.24) is 24.9 Å². The number of alkyl halides is 3. The molecule has 0 bridgehead atoms. The molecule has 0 fully saturated rings. The second kappa shape index (κ2) is 7.94. The van der Waals surface area contributed by atoms with E-state index in [-0.39, 0.29) is 12.1 Å². The van der Waals surface area contributed by atoms with Crippen molar-refractivity contribution < 1.29 is 18.0 Å². The molecule has 1 amide bonds. The molecule has 0 saturated carbocycles. The van der Waals surface area contributed by atoms with Gasteiger partial charge >= 0.3 is 6.18 Å². The number of carbonyl (C=O) groups excluding carboxylic acids is 1. The van der Waals surface area contributed by atoms with Gasteiger partial charge < -0.3 is 5.32 Å². The number of hydrogen-bond donors (Lipinski definition) is 1. The third-order valence-electron chi connectivity index (χ3n) is 4.26. The topological polar surface area (TPSA) is 64.7 Å². The molecule has 0 atom stereocenters. The van der Waals surface area contributed by atoms with Crippen LogP contribution in [0.3, 0.4) is 0 Å². The van der Waals surface area contributed by atoms with Gasteiger partial charge in [-0.1, -0.05) is 6.07 Å². The van der Waals surface area contributed by atoms with Crippen molar-refractivity contribution >= 4 is 12.0 Å². The van der Waals surface area contributed by atoms with E-state index in [2.05, 4.69) is 15.5 Å². The lowest BCUT2D eigenvalue weighted by atomic mass is 10.1. The molecule has 3 rings (SSSR count). The Morgan fingerprint density at radius 2 is 2.00 bits per heavy atom. The summed E-state index contributed by atoms with van der Waals surface area (Å²) in [6.45, 7) is 3.30. The van der Waals surface area contributed by atoms with Gasteiger partial charge in [0.1, 0.15) is 0 Å². The van der Waals surface area contributed by atoms with Gasteiger partial charge in [0, 0.05) is 37.1 Å². The largest absolute Gasteiger partial charge is 0.416 e. The van der Waals surface area contributed by atoms with Crippen LogP contribution in [0.4, 0.5) is 13.2 Å². The first-order valence-corrected chi connectivity index (χ1v) is 8.82. The summed E-state index contributed by atoms with van der Waals surface area (Å²) < 4.78 is 43.8. The Balaban J connectivity index is 1.78. The molecule has 0 aliphatic carbocycles. The Morgan fingerprint density at radius 1 is 1.24 bits per heavy atom. The molecule has 29 heavy (non-hydrogen) atoms. The van der Waals surface area contributed by atoms with Crippen LogP contribution in [0, 0.1) is 13.8 Å². The van der Waals surface area contributed by atoms with Crippen molar-refractivity contribution in [2.45, 2.75) is 26.6 Å². The predicted molar refractivity (Wildman–Crippen MR) is 102 cm³/mol. The summed E-state index contributed by atoms with van der Waals surface area (Å²) in [6, 6.07) is 5.75. The molecule has 0 unspecified atom stereocenters.